The van der Waals surface area contributed by atoms with Crippen LogP contribution >= 0.6 is 0 Å². The molecule has 3 atom stereocenters. The van der Waals surface area contributed by atoms with Gasteiger partial charge in [-0.25, -0.2) is 0 Å². The van der Waals surface area contributed by atoms with Crippen LogP contribution in [0.3, 0.4) is 0 Å². The fourth-order valence-corrected chi connectivity index (χ4v) is 1.91. The smallest absolute Gasteiger partial charge is 0.312 e. The lowest BCUT2D eigenvalue weighted by molar-refractivity contribution is -0.163. The predicted molar refractivity (Wildman–Crippen MR) is 44.8 cm³/mol. The van der Waals surface area contributed by atoms with E-state index in [1.807, 2.05) is 6.92 Å². The fourth-order valence-electron chi connectivity index (χ4n) is 1.91. The van der Waals surface area contributed by atoms with E-state index in [-0.39, 0.29) is 5.92 Å². The first-order valence-electron chi connectivity index (χ1n) is 4.28. The number of aliphatic carboxylic acids is 1. The minimum Gasteiger partial charge on any atom is -0.481 e. The van der Waals surface area contributed by atoms with Gasteiger partial charge in [-0.3, -0.25) is 4.79 Å². The zero-order chi connectivity index (χ0) is 9.57. The Morgan fingerprint density at radius 3 is 2.17 bits per heavy atom. The summed E-state index contributed by atoms with van der Waals surface area (Å²) >= 11 is 0. The summed E-state index contributed by atoms with van der Waals surface area (Å²) in [6.45, 7) is 5.14. The molecule has 1 saturated carbocycles. The maximum absolute atomic E-state index is 10.9. The summed E-state index contributed by atoms with van der Waals surface area (Å²) in [7, 11) is 0. The SMILES string of the molecule is C[C@H]1CC[C@](C)(C(=O)O)[C@]1(C)O. The van der Waals surface area contributed by atoms with Crippen molar-refractivity contribution in [1.82, 2.24) is 0 Å². The molecule has 12 heavy (non-hydrogen) atoms. The van der Waals surface area contributed by atoms with Gasteiger partial charge in [0.1, 0.15) is 0 Å². The van der Waals surface area contributed by atoms with Gasteiger partial charge in [-0.2, -0.15) is 0 Å². The molecule has 0 radical (unpaired) electrons. The van der Waals surface area contributed by atoms with Crippen molar-refractivity contribution >= 4 is 5.97 Å². The van der Waals surface area contributed by atoms with Gasteiger partial charge in [0.05, 0.1) is 11.0 Å². The first-order valence-corrected chi connectivity index (χ1v) is 4.28. The van der Waals surface area contributed by atoms with E-state index in [1.165, 1.54) is 0 Å². The average molecular weight is 172 g/mol. The van der Waals surface area contributed by atoms with Gasteiger partial charge in [-0.1, -0.05) is 6.92 Å². The monoisotopic (exact) mass is 172 g/mol. The van der Waals surface area contributed by atoms with Gasteiger partial charge in [-0.05, 0) is 32.6 Å². The van der Waals surface area contributed by atoms with Crippen molar-refractivity contribution in [2.45, 2.75) is 39.2 Å². The molecule has 3 heteroatoms. The normalized spacial score (nSPS) is 47.8. The van der Waals surface area contributed by atoms with E-state index in [0.29, 0.717) is 6.42 Å². The molecular formula is C9H16O3. The van der Waals surface area contributed by atoms with E-state index in [0.717, 1.165) is 6.42 Å². The molecule has 70 valence electrons. The summed E-state index contributed by atoms with van der Waals surface area (Å²) < 4.78 is 0. The third-order valence-electron chi connectivity index (χ3n) is 3.63. The predicted octanol–water partition coefficient (Wildman–Crippen LogP) is 1.26. The first-order chi connectivity index (χ1) is 5.32. The second-order valence-corrected chi connectivity index (χ2v) is 4.22. The highest BCUT2D eigenvalue weighted by atomic mass is 16.4. The highest BCUT2D eigenvalue weighted by molar-refractivity contribution is 5.76. The van der Waals surface area contributed by atoms with Crippen molar-refractivity contribution < 1.29 is 15.0 Å². The molecule has 0 heterocycles. The molecule has 0 amide bonds. The van der Waals surface area contributed by atoms with Gasteiger partial charge >= 0.3 is 5.97 Å². The van der Waals surface area contributed by atoms with Gasteiger partial charge in [-0.15, -0.1) is 0 Å². The largest absolute Gasteiger partial charge is 0.481 e. The molecule has 1 aliphatic rings. The Morgan fingerprint density at radius 1 is 1.50 bits per heavy atom. The van der Waals surface area contributed by atoms with Gasteiger partial charge in [0.25, 0.3) is 0 Å². The summed E-state index contributed by atoms with van der Waals surface area (Å²) in [6, 6.07) is 0. The average Bonchev–Trinajstić information content (AvgIpc) is 2.15. The Kier molecular flexibility index (Phi) is 1.95. The Morgan fingerprint density at radius 2 is 2.00 bits per heavy atom. The van der Waals surface area contributed by atoms with Crippen LogP contribution in [0.1, 0.15) is 33.6 Å². The molecular weight excluding hydrogens is 156 g/mol. The van der Waals surface area contributed by atoms with Crippen LogP contribution in [0.5, 0.6) is 0 Å². The van der Waals surface area contributed by atoms with E-state index < -0.39 is 17.0 Å². The molecule has 0 aromatic heterocycles. The van der Waals surface area contributed by atoms with Crippen LogP contribution in [0.15, 0.2) is 0 Å². The molecule has 0 bridgehead atoms. The molecule has 0 spiro atoms. The maximum atomic E-state index is 10.9. The number of hydrogen-bond acceptors (Lipinski definition) is 2. The molecule has 0 unspecified atom stereocenters. The maximum Gasteiger partial charge on any atom is 0.312 e. The van der Waals surface area contributed by atoms with Crippen LogP contribution in [0, 0.1) is 11.3 Å². The zero-order valence-corrected chi connectivity index (χ0v) is 7.79. The first kappa shape index (κ1) is 9.52. The Balaban J connectivity index is 3.01. The number of carbonyl (C=O) groups is 1. The van der Waals surface area contributed by atoms with E-state index in [1.54, 1.807) is 13.8 Å². The second-order valence-electron chi connectivity index (χ2n) is 4.22. The van der Waals surface area contributed by atoms with Gasteiger partial charge in [0, 0.05) is 0 Å². The van der Waals surface area contributed by atoms with Crippen molar-refractivity contribution in [1.29, 1.82) is 0 Å². The minimum atomic E-state index is -1.07. The summed E-state index contributed by atoms with van der Waals surface area (Å²) in [4.78, 5) is 10.9. The van der Waals surface area contributed by atoms with Crippen LogP contribution < -0.4 is 0 Å². The summed E-state index contributed by atoms with van der Waals surface area (Å²) in [6.07, 6.45) is 1.35. The number of rotatable bonds is 1. The Labute approximate surface area is 72.4 Å². The quantitative estimate of drug-likeness (QED) is 0.626. The number of aliphatic hydroxyl groups is 1. The summed E-state index contributed by atoms with van der Waals surface area (Å²) in [5, 5.41) is 18.9. The van der Waals surface area contributed by atoms with Crippen molar-refractivity contribution in [3.63, 3.8) is 0 Å². The highest BCUT2D eigenvalue weighted by Crippen LogP contribution is 2.49. The molecule has 0 aliphatic heterocycles. The van der Waals surface area contributed by atoms with Gasteiger partial charge < -0.3 is 10.2 Å². The lowest BCUT2D eigenvalue weighted by atomic mass is 9.74. The van der Waals surface area contributed by atoms with Gasteiger partial charge in [0.2, 0.25) is 0 Å². The fraction of sp³-hybridized carbons (Fsp3) is 0.889. The van der Waals surface area contributed by atoms with Crippen LogP contribution in [0.4, 0.5) is 0 Å². The van der Waals surface area contributed by atoms with Crippen LogP contribution in [0.2, 0.25) is 0 Å². The number of carboxylic acid groups (broad SMARTS) is 1. The van der Waals surface area contributed by atoms with Crippen molar-refractivity contribution in [2.75, 3.05) is 0 Å². The minimum absolute atomic E-state index is 0.0681. The van der Waals surface area contributed by atoms with Gasteiger partial charge in [0.15, 0.2) is 0 Å². The van der Waals surface area contributed by atoms with Crippen LogP contribution in [-0.2, 0) is 4.79 Å². The zero-order valence-electron chi connectivity index (χ0n) is 7.79. The molecule has 1 rings (SSSR count). The third kappa shape index (κ3) is 0.959. The highest BCUT2D eigenvalue weighted by Gasteiger charge is 2.56. The lowest BCUT2D eigenvalue weighted by Crippen LogP contribution is -2.47. The number of carboxylic acids is 1. The third-order valence-corrected chi connectivity index (χ3v) is 3.63. The Hall–Kier alpha value is -0.570. The molecule has 0 saturated heterocycles. The van der Waals surface area contributed by atoms with E-state index >= 15 is 0 Å². The number of hydrogen-bond donors (Lipinski definition) is 2. The van der Waals surface area contributed by atoms with Crippen molar-refractivity contribution in [3.8, 4) is 0 Å². The van der Waals surface area contributed by atoms with Crippen LogP contribution in [-0.4, -0.2) is 21.8 Å². The van der Waals surface area contributed by atoms with Crippen LogP contribution in [0.25, 0.3) is 0 Å². The summed E-state index contributed by atoms with van der Waals surface area (Å²) in [5.41, 5.74) is -2.04. The lowest BCUT2D eigenvalue weighted by Gasteiger charge is -2.35. The van der Waals surface area contributed by atoms with E-state index in [9.17, 15) is 9.90 Å². The second kappa shape index (κ2) is 2.46. The van der Waals surface area contributed by atoms with E-state index in [2.05, 4.69) is 0 Å². The molecule has 2 N–H and O–H groups in total. The molecule has 1 fully saturated rings. The van der Waals surface area contributed by atoms with Crippen molar-refractivity contribution in [2.24, 2.45) is 11.3 Å². The molecule has 0 aromatic carbocycles. The van der Waals surface area contributed by atoms with E-state index in [4.69, 9.17) is 5.11 Å². The standard InChI is InChI=1S/C9H16O3/c1-6-4-5-8(2,7(10)11)9(6,3)12/h6,12H,4-5H2,1-3H3,(H,10,11)/t6-,8+,9+/m0/s1. The van der Waals surface area contributed by atoms with Crippen molar-refractivity contribution in [3.05, 3.63) is 0 Å². The summed E-state index contributed by atoms with van der Waals surface area (Å²) in [5.74, 6) is -0.824. The Bertz CT molecular complexity index is 210. The molecule has 0 aromatic rings. The topological polar surface area (TPSA) is 57.5 Å². The molecule has 1 aliphatic carbocycles. The molecule has 3 nitrogen and oxygen atoms in total.